The van der Waals surface area contributed by atoms with Gasteiger partial charge in [0.15, 0.2) is 0 Å². The zero-order chi connectivity index (χ0) is 20.1. The average Bonchev–Trinajstić information content (AvgIpc) is 2.77. The molecule has 7 nitrogen and oxygen atoms in total. The van der Waals surface area contributed by atoms with Crippen LogP contribution in [0.3, 0.4) is 0 Å². The molecule has 0 radical (unpaired) electrons. The summed E-state index contributed by atoms with van der Waals surface area (Å²) in [5, 5.41) is 3.53. The van der Waals surface area contributed by atoms with E-state index in [1.807, 2.05) is 6.07 Å². The molecule has 2 aliphatic heterocycles. The summed E-state index contributed by atoms with van der Waals surface area (Å²) in [7, 11) is -3.46. The summed E-state index contributed by atoms with van der Waals surface area (Å²) in [6.45, 7) is 5.07. The number of quaternary nitrogens is 1. The second-order valence-corrected chi connectivity index (χ2v) is 9.72. The minimum Gasteiger partial charge on any atom is -0.379 e. The van der Waals surface area contributed by atoms with Crippen molar-refractivity contribution in [3.63, 3.8) is 0 Å². The molecule has 0 aliphatic carbocycles. The number of sulfonamides is 1. The molecule has 0 amide bonds. The van der Waals surface area contributed by atoms with E-state index in [0.717, 1.165) is 38.3 Å². The number of anilines is 1. The number of aromatic amines is 1. The molecule has 2 aromatic rings. The van der Waals surface area contributed by atoms with E-state index in [4.69, 9.17) is 4.74 Å². The van der Waals surface area contributed by atoms with Crippen molar-refractivity contribution in [3.05, 3.63) is 54.2 Å². The van der Waals surface area contributed by atoms with E-state index in [-0.39, 0.29) is 0 Å². The Bertz CT molecular complexity index is 876. The van der Waals surface area contributed by atoms with E-state index in [1.54, 1.807) is 17.2 Å². The lowest BCUT2D eigenvalue weighted by Crippen LogP contribution is -3.12. The van der Waals surface area contributed by atoms with Gasteiger partial charge in [-0.2, -0.15) is 4.31 Å². The van der Waals surface area contributed by atoms with Gasteiger partial charge < -0.3 is 9.64 Å². The van der Waals surface area contributed by atoms with E-state index in [9.17, 15) is 8.42 Å². The third-order valence-electron chi connectivity index (χ3n) is 5.74. The molecule has 3 heterocycles. The highest BCUT2D eigenvalue weighted by Gasteiger charge is 2.28. The average molecular weight is 419 g/mol. The number of nitrogens with one attached hydrogen (secondary N) is 3. The number of benzene rings is 1. The zero-order valence-corrected chi connectivity index (χ0v) is 17.5. The lowest BCUT2D eigenvalue weighted by Gasteiger charge is -2.27. The van der Waals surface area contributed by atoms with Gasteiger partial charge in [0.2, 0.25) is 10.0 Å². The molecule has 2 aliphatic rings. The van der Waals surface area contributed by atoms with Crippen LogP contribution in [0, 0.1) is 0 Å². The van der Waals surface area contributed by atoms with Crippen LogP contribution in [0.15, 0.2) is 53.6 Å². The highest BCUT2D eigenvalue weighted by Crippen LogP contribution is 2.17. The highest BCUT2D eigenvalue weighted by atomic mass is 32.2. The summed E-state index contributed by atoms with van der Waals surface area (Å²) in [5.41, 5.74) is 1.39. The maximum atomic E-state index is 12.7. The summed E-state index contributed by atoms with van der Waals surface area (Å²) in [6, 6.07) is 14.6. The number of H-pyrrole nitrogens is 1. The van der Waals surface area contributed by atoms with Gasteiger partial charge in [-0.1, -0.05) is 30.3 Å². The third kappa shape index (κ3) is 5.14. The Kier molecular flexibility index (Phi) is 6.44. The van der Waals surface area contributed by atoms with E-state index in [1.165, 1.54) is 9.87 Å². The predicted octanol–water partition coefficient (Wildman–Crippen LogP) is 0.181. The van der Waals surface area contributed by atoms with Gasteiger partial charge in [-0.3, -0.25) is 5.32 Å². The number of morpholine rings is 1. The van der Waals surface area contributed by atoms with Crippen LogP contribution in [0.1, 0.15) is 18.4 Å². The van der Waals surface area contributed by atoms with Crippen molar-refractivity contribution in [2.45, 2.75) is 30.3 Å². The Balaban J connectivity index is 1.29. The van der Waals surface area contributed by atoms with Gasteiger partial charge in [0.1, 0.15) is 23.7 Å². The lowest BCUT2D eigenvalue weighted by atomic mass is 10.0. The normalized spacial score (nSPS) is 23.6. The SMILES string of the molecule is O=S(=O)(c1ccc(NC2CC[NH+](Cc3ccccc3)CC2)[nH+]c1)N1CCOCC1. The monoisotopic (exact) mass is 418 g/mol. The minimum absolute atomic E-state index is 0.298. The van der Waals surface area contributed by atoms with Crippen LogP contribution in [0.25, 0.3) is 0 Å². The number of nitrogens with zero attached hydrogens (tertiary/aromatic N) is 1. The van der Waals surface area contributed by atoms with Crippen LogP contribution in [0.2, 0.25) is 0 Å². The standard InChI is InChI=1S/C21H28N4O3S/c26-29(27,25-12-14-28-15-13-25)20-6-7-21(22-16-20)23-19-8-10-24(11-9-19)17-18-4-2-1-3-5-18/h1-7,16,19H,8-15,17H2,(H,22,23)/p+2. The number of hydrogen-bond acceptors (Lipinski definition) is 4. The molecule has 0 saturated carbocycles. The van der Waals surface area contributed by atoms with Crippen LogP contribution in [0.5, 0.6) is 0 Å². The molecule has 0 spiro atoms. The molecule has 3 N–H and O–H groups in total. The van der Waals surface area contributed by atoms with E-state index < -0.39 is 10.0 Å². The number of ether oxygens (including phenoxy) is 1. The van der Waals surface area contributed by atoms with Crippen LogP contribution >= 0.6 is 0 Å². The first-order valence-corrected chi connectivity index (χ1v) is 11.8. The third-order valence-corrected chi connectivity index (χ3v) is 7.64. The quantitative estimate of drug-likeness (QED) is 0.702. The van der Waals surface area contributed by atoms with Crippen molar-refractivity contribution in [3.8, 4) is 0 Å². The lowest BCUT2D eigenvalue weighted by molar-refractivity contribution is -0.918. The van der Waals surface area contributed by atoms with Gasteiger partial charge in [-0.05, 0) is 6.07 Å². The van der Waals surface area contributed by atoms with Gasteiger partial charge in [0.25, 0.3) is 5.82 Å². The fraction of sp³-hybridized carbons (Fsp3) is 0.476. The summed E-state index contributed by atoms with van der Waals surface area (Å²) in [5.74, 6) is 0.863. The zero-order valence-electron chi connectivity index (χ0n) is 16.6. The second-order valence-electron chi connectivity index (χ2n) is 7.79. The molecule has 4 rings (SSSR count). The molecule has 0 bridgehead atoms. The van der Waals surface area contributed by atoms with Gasteiger partial charge in [-0.25, -0.2) is 13.4 Å². The molecule has 1 aromatic carbocycles. The van der Waals surface area contributed by atoms with E-state index in [0.29, 0.717) is 37.2 Å². The molecular formula is C21H30N4O3S+2. The smallest absolute Gasteiger partial charge is 0.272 e. The summed E-state index contributed by atoms with van der Waals surface area (Å²) in [6.07, 6.45) is 3.79. The summed E-state index contributed by atoms with van der Waals surface area (Å²) in [4.78, 5) is 5.04. The van der Waals surface area contributed by atoms with Crippen molar-refractivity contribution in [2.75, 3.05) is 44.7 Å². The Hall–Kier alpha value is -2.00. The first-order chi connectivity index (χ1) is 14.1. The van der Waals surface area contributed by atoms with Gasteiger partial charge in [-0.15, -0.1) is 0 Å². The number of likely N-dealkylation sites (tertiary alicyclic amines) is 1. The minimum atomic E-state index is -3.46. The highest BCUT2D eigenvalue weighted by molar-refractivity contribution is 7.89. The molecule has 8 heteroatoms. The van der Waals surface area contributed by atoms with Crippen LogP contribution < -0.4 is 15.2 Å². The van der Waals surface area contributed by atoms with Gasteiger partial charge >= 0.3 is 0 Å². The van der Waals surface area contributed by atoms with Crippen LogP contribution in [-0.2, 0) is 21.3 Å². The molecule has 0 unspecified atom stereocenters. The Labute approximate surface area is 172 Å². The topological polar surface area (TPSA) is 77.2 Å². The van der Waals surface area contributed by atoms with Gasteiger partial charge in [0, 0.05) is 37.6 Å². The first kappa shape index (κ1) is 20.3. The molecular weight excluding hydrogens is 388 g/mol. The number of piperidine rings is 1. The molecule has 29 heavy (non-hydrogen) atoms. The maximum absolute atomic E-state index is 12.7. The van der Waals surface area contributed by atoms with Gasteiger partial charge in [0.05, 0.1) is 26.3 Å². The predicted molar refractivity (Wildman–Crippen MR) is 110 cm³/mol. The van der Waals surface area contributed by atoms with E-state index in [2.05, 4.69) is 40.6 Å². The summed E-state index contributed by atoms with van der Waals surface area (Å²) >= 11 is 0. The fourth-order valence-electron chi connectivity index (χ4n) is 4.05. The first-order valence-electron chi connectivity index (χ1n) is 10.3. The molecule has 1 aromatic heterocycles. The van der Waals surface area contributed by atoms with Crippen molar-refractivity contribution < 1.29 is 23.0 Å². The Morgan fingerprint density at radius 3 is 2.45 bits per heavy atom. The number of rotatable bonds is 6. The molecule has 156 valence electrons. The largest absolute Gasteiger partial charge is 0.379 e. The summed E-state index contributed by atoms with van der Waals surface area (Å²) < 4.78 is 32.1. The van der Waals surface area contributed by atoms with Crippen molar-refractivity contribution >= 4 is 15.8 Å². The number of aromatic nitrogens is 1. The van der Waals surface area contributed by atoms with Crippen molar-refractivity contribution in [1.29, 1.82) is 0 Å². The van der Waals surface area contributed by atoms with Crippen LogP contribution in [0.4, 0.5) is 5.82 Å². The number of pyridine rings is 1. The molecule has 0 atom stereocenters. The van der Waals surface area contributed by atoms with Crippen molar-refractivity contribution in [2.24, 2.45) is 0 Å². The van der Waals surface area contributed by atoms with Crippen molar-refractivity contribution in [1.82, 2.24) is 4.31 Å². The molecule has 2 fully saturated rings. The van der Waals surface area contributed by atoms with Crippen LogP contribution in [-0.4, -0.2) is 58.2 Å². The second kappa shape index (κ2) is 9.21. The van der Waals surface area contributed by atoms with E-state index >= 15 is 0 Å². The fourth-order valence-corrected chi connectivity index (χ4v) is 5.42. The Morgan fingerprint density at radius 1 is 1.07 bits per heavy atom. The number of hydrogen-bond donors (Lipinski definition) is 2. The Morgan fingerprint density at radius 2 is 1.79 bits per heavy atom. The maximum Gasteiger partial charge on any atom is 0.272 e. The molecule has 2 saturated heterocycles.